The molecule has 4 heterocycles. The summed E-state index contributed by atoms with van der Waals surface area (Å²) in [6.45, 7) is 5.42. The van der Waals surface area contributed by atoms with Crippen molar-refractivity contribution >= 4 is 53.4 Å². The van der Waals surface area contributed by atoms with Gasteiger partial charge >= 0.3 is 0 Å². The molecule has 0 radical (unpaired) electrons. The van der Waals surface area contributed by atoms with Crippen LogP contribution in [0.15, 0.2) is 189 Å². The van der Waals surface area contributed by atoms with Gasteiger partial charge in [-0.1, -0.05) is 140 Å². The van der Waals surface area contributed by atoms with E-state index in [0.29, 0.717) is 17.6 Å². The highest BCUT2D eigenvalue weighted by molar-refractivity contribution is 7.26. The Bertz CT molecular complexity index is 2910. The van der Waals surface area contributed by atoms with Gasteiger partial charge in [-0.2, -0.15) is 9.97 Å². The van der Waals surface area contributed by atoms with Gasteiger partial charge in [-0.25, -0.2) is 4.98 Å². The predicted molar refractivity (Wildman–Crippen MR) is 232 cm³/mol. The topological polar surface area (TPSA) is 56.5 Å². The third kappa shape index (κ3) is 6.39. The number of hydrogen-bond donors (Lipinski definition) is 0. The van der Waals surface area contributed by atoms with Crippen molar-refractivity contribution in [3.63, 3.8) is 0 Å². The molecule has 0 aliphatic heterocycles. The molecule has 0 N–H and O–H groups in total. The van der Waals surface area contributed by atoms with E-state index in [9.17, 15) is 0 Å². The third-order valence-electron chi connectivity index (χ3n) is 9.63. The summed E-state index contributed by atoms with van der Waals surface area (Å²) in [5.41, 5.74) is 9.20. The number of hydrogen-bond acceptors (Lipinski definition) is 5. The summed E-state index contributed by atoms with van der Waals surface area (Å²) in [6.07, 6.45) is 7.45. The molecule has 262 valence electrons. The zero-order valence-corrected chi connectivity index (χ0v) is 31.0. The van der Waals surface area contributed by atoms with Gasteiger partial charge in [-0.05, 0) is 71.6 Å². The molecule has 0 spiro atoms. The first-order valence-electron chi connectivity index (χ1n) is 18.2. The van der Waals surface area contributed by atoms with Crippen molar-refractivity contribution in [1.29, 1.82) is 0 Å². The van der Waals surface area contributed by atoms with E-state index in [0.717, 1.165) is 55.3 Å². The fraction of sp³-hybridized carbons (Fsp3) is 0.0204. The lowest BCUT2D eigenvalue weighted by atomic mass is 10.0. The lowest BCUT2D eigenvalue weighted by molar-refractivity contribution is 0.953. The molecule has 6 aromatic carbocycles. The Balaban J connectivity index is 0.000000748. The quantitative estimate of drug-likeness (QED) is 0.160. The minimum atomic E-state index is 0.548. The van der Waals surface area contributed by atoms with Crippen LogP contribution in [0.3, 0.4) is 0 Å². The summed E-state index contributed by atoms with van der Waals surface area (Å²) in [5.74, 6) is 1.76. The number of allylic oxidation sites excluding steroid dienone is 3. The van der Waals surface area contributed by atoms with Crippen molar-refractivity contribution in [1.82, 2.24) is 24.5 Å². The van der Waals surface area contributed by atoms with Crippen molar-refractivity contribution in [3.05, 3.63) is 189 Å². The average Bonchev–Trinajstić information content (AvgIpc) is 3.80. The van der Waals surface area contributed by atoms with Gasteiger partial charge in [0, 0.05) is 42.9 Å². The fourth-order valence-corrected chi connectivity index (χ4v) is 8.26. The van der Waals surface area contributed by atoms with Gasteiger partial charge in [0.25, 0.3) is 0 Å². The largest absolute Gasteiger partial charge is 0.276 e. The van der Waals surface area contributed by atoms with Crippen molar-refractivity contribution in [2.24, 2.45) is 0 Å². The predicted octanol–water partition coefficient (Wildman–Crippen LogP) is 13.1. The number of fused-ring (bicyclic) bond motifs is 7. The van der Waals surface area contributed by atoms with Crippen molar-refractivity contribution in [3.8, 4) is 51.0 Å². The molecule has 10 rings (SSSR count). The van der Waals surface area contributed by atoms with E-state index in [-0.39, 0.29) is 0 Å². The molecule has 5 nitrogen and oxygen atoms in total. The molecule has 0 unspecified atom stereocenters. The summed E-state index contributed by atoms with van der Waals surface area (Å²) in [7, 11) is 0. The van der Waals surface area contributed by atoms with Gasteiger partial charge in [0.1, 0.15) is 0 Å². The minimum Gasteiger partial charge on any atom is -0.276 e. The van der Waals surface area contributed by atoms with E-state index in [1.54, 1.807) is 6.08 Å². The van der Waals surface area contributed by atoms with Gasteiger partial charge in [-0.15, -0.1) is 11.3 Å². The molecule has 0 amide bonds. The van der Waals surface area contributed by atoms with Crippen LogP contribution in [-0.4, -0.2) is 24.5 Å². The highest BCUT2D eigenvalue weighted by Crippen LogP contribution is 2.42. The van der Waals surface area contributed by atoms with Crippen LogP contribution in [0.2, 0.25) is 0 Å². The first kappa shape index (κ1) is 33.8. The highest BCUT2D eigenvalue weighted by Gasteiger charge is 2.21. The summed E-state index contributed by atoms with van der Waals surface area (Å²) >= 11 is 1.81. The van der Waals surface area contributed by atoms with Crippen LogP contribution in [0.4, 0.5) is 0 Å². The van der Waals surface area contributed by atoms with Gasteiger partial charge in [0.2, 0.25) is 5.95 Å². The number of thiophene rings is 1. The Hall–Kier alpha value is -7.02. The number of aromatic nitrogens is 5. The second kappa shape index (κ2) is 14.8. The highest BCUT2D eigenvalue weighted by atomic mass is 32.1. The van der Waals surface area contributed by atoms with E-state index in [4.69, 9.17) is 19.9 Å². The van der Waals surface area contributed by atoms with Gasteiger partial charge in [0.05, 0.1) is 16.6 Å². The lowest BCUT2D eigenvalue weighted by Gasteiger charge is -2.12. The molecule has 55 heavy (non-hydrogen) atoms. The first-order valence-corrected chi connectivity index (χ1v) is 19.0. The van der Waals surface area contributed by atoms with Crippen LogP contribution >= 0.6 is 11.3 Å². The van der Waals surface area contributed by atoms with Crippen molar-refractivity contribution in [2.45, 2.75) is 6.92 Å². The smallest absolute Gasteiger partial charge is 0.238 e. The fourth-order valence-electron chi connectivity index (χ4n) is 7.14. The standard InChI is InChI=1S/C44H27N5S.C5H8/c1-3-12-28(13-4-1)30-16-9-18-32(26-30)42-46-43(33-19-10-17-31(27-33)29-14-5-2-6-15-29)48-44(47-42)49-35-23-24-38-39(34-20-7-8-22-37(34)50-38)40(35)41-36(49)21-11-25-45-41;1-3-5-4-2/h1-27H;3-5H,1H2,2H3/b;5-4-. The Morgan fingerprint density at radius 3 is 1.75 bits per heavy atom. The van der Waals surface area contributed by atoms with Gasteiger partial charge < -0.3 is 0 Å². The van der Waals surface area contributed by atoms with Gasteiger partial charge in [-0.3, -0.25) is 9.55 Å². The average molecular weight is 726 g/mol. The molecule has 0 saturated heterocycles. The maximum absolute atomic E-state index is 5.23. The molecule has 4 aromatic heterocycles. The number of benzene rings is 6. The SMILES string of the molecule is C=C/C=C\C.c1ccc(-c2cccc(-c3nc(-c4cccc(-c5ccccc5)c4)nc(-n4c5cccnc5c5c6c(ccc54)sc4ccccc46)n3)c2)cc1. The van der Waals surface area contributed by atoms with Crippen molar-refractivity contribution < 1.29 is 0 Å². The van der Waals surface area contributed by atoms with Crippen LogP contribution in [0.5, 0.6) is 0 Å². The number of nitrogens with zero attached hydrogens (tertiary/aromatic N) is 5. The Kier molecular flexibility index (Phi) is 9.08. The second-order valence-corrected chi connectivity index (χ2v) is 14.2. The van der Waals surface area contributed by atoms with Crippen LogP contribution in [0.25, 0.3) is 93.1 Å². The van der Waals surface area contributed by atoms with Crippen molar-refractivity contribution in [2.75, 3.05) is 0 Å². The second-order valence-electron chi connectivity index (χ2n) is 13.1. The number of rotatable bonds is 6. The molecule has 0 fully saturated rings. The van der Waals surface area contributed by atoms with E-state index < -0.39 is 0 Å². The molecule has 0 aliphatic carbocycles. The van der Waals surface area contributed by atoms with Crippen LogP contribution in [0, 0.1) is 0 Å². The molecule has 6 heteroatoms. The van der Waals surface area contributed by atoms with E-state index >= 15 is 0 Å². The molecule has 0 saturated carbocycles. The summed E-state index contributed by atoms with van der Waals surface area (Å²) < 4.78 is 4.64. The van der Waals surface area contributed by atoms with Crippen LogP contribution in [-0.2, 0) is 0 Å². The van der Waals surface area contributed by atoms with E-state index in [1.165, 1.54) is 20.2 Å². The van der Waals surface area contributed by atoms with E-state index in [2.05, 4.69) is 151 Å². The monoisotopic (exact) mass is 725 g/mol. The van der Waals surface area contributed by atoms with Gasteiger partial charge in [0.15, 0.2) is 11.6 Å². The molecular weight excluding hydrogens is 691 g/mol. The summed E-state index contributed by atoms with van der Waals surface area (Å²) in [4.78, 5) is 20.6. The minimum absolute atomic E-state index is 0.548. The lowest BCUT2D eigenvalue weighted by Crippen LogP contribution is -2.06. The van der Waals surface area contributed by atoms with Crippen LogP contribution < -0.4 is 0 Å². The zero-order chi connectivity index (χ0) is 37.1. The summed E-state index contributed by atoms with van der Waals surface area (Å²) in [6, 6.07) is 54.8. The molecule has 0 aliphatic rings. The Morgan fingerprint density at radius 2 is 1.13 bits per heavy atom. The maximum atomic E-state index is 5.23. The number of pyridine rings is 1. The summed E-state index contributed by atoms with van der Waals surface area (Å²) in [5, 5.41) is 3.55. The Morgan fingerprint density at radius 1 is 0.527 bits per heavy atom. The molecular formula is C49H35N5S. The zero-order valence-electron chi connectivity index (χ0n) is 30.2. The van der Waals surface area contributed by atoms with Crippen LogP contribution in [0.1, 0.15) is 6.92 Å². The molecule has 10 aromatic rings. The third-order valence-corrected chi connectivity index (χ3v) is 10.8. The maximum Gasteiger partial charge on any atom is 0.238 e. The van der Waals surface area contributed by atoms with E-state index in [1.807, 2.05) is 54.8 Å². The normalized spacial score (nSPS) is 11.4. The first-order chi connectivity index (χ1) is 27.2. The Labute approximate surface area is 323 Å². The molecule has 0 bridgehead atoms. The molecule has 0 atom stereocenters.